The molecule has 24 heteroatoms. The summed E-state index contributed by atoms with van der Waals surface area (Å²) in [5, 5.41) is 0. The molecule has 0 bridgehead atoms. The number of nitrogens with two attached hydrogens (primary N) is 1. The minimum absolute atomic E-state index is 0.0487. The summed E-state index contributed by atoms with van der Waals surface area (Å²) >= 11 is 6.79. The second-order valence-corrected chi connectivity index (χ2v) is 24.3. The predicted octanol–water partition coefficient (Wildman–Crippen LogP) is 12.8. The lowest BCUT2D eigenvalue weighted by molar-refractivity contribution is -0.165. The lowest BCUT2D eigenvalue weighted by Crippen LogP contribution is -2.49. The molecule has 2 aliphatic rings. The van der Waals surface area contributed by atoms with Crippen LogP contribution in [0, 0.1) is 60.7 Å². The number of esters is 1. The molecule has 2 unspecified atom stereocenters. The van der Waals surface area contributed by atoms with Crippen LogP contribution in [0.3, 0.4) is 0 Å². The number of benzene rings is 4. The molecule has 81 heavy (non-hydrogen) atoms. The molecule has 16 nitrogen and oxygen atoms in total. The lowest BCUT2D eigenvalue weighted by Gasteiger charge is -2.30. The Kier molecular flexibility index (Phi) is 29.6. The number of carbonyl (C=O) groups excluding carboxylic acids is 2. The number of hydrogen-bond acceptors (Lipinski definition) is 14. The Morgan fingerprint density at radius 3 is 1.47 bits per heavy atom. The van der Waals surface area contributed by atoms with E-state index in [1.54, 1.807) is 18.2 Å². The van der Waals surface area contributed by atoms with Crippen LogP contribution in [0.2, 0.25) is 0 Å². The van der Waals surface area contributed by atoms with Gasteiger partial charge in [-0.1, -0.05) is 73.1 Å². The third-order valence-electron chi connectivity index (χ3n) is 12.9. The van der Waals surface area contributed by atoms with Gasteiger partial charge in [-0.05, 0) is 151 Å². The fourth-order valence-corrected chi connectivity index (χ4v) is 9.70. The second-order valence-electron chi connectivity index (χ2n) is 21.1. The Hall–Kier alpha value is -4.34. The molecule has 4 aromatic rings. The second kappa shape index (κ2) is 33.8. The SMILES string of the molecule is CC[C@@H](NN)C(C)(C)C.CC[C@@H](NNC(=O)c1ccc(Br)c(OCCOC2CCCCO2)c1C)C(C)(C)C.Cc1c(C(=O)Oc2c(F)c(F)c(F)c(F)c2F)ccc(Br)c1OCCOC1CCCCO1.Cc1ccc(S(=O)(=O)O)cc1. The molecule has 0 aliphatic carbocycles. The first-order chi connectivity index (χ1) is 38.0. The number of amides is 1. The molecule has 0 radical (unpaired) electrons. The van der Waals surface area contributed by atoms with Gasteiger partial charge in [0.15, 0.2) is 12.6 Å². The van der Waals surface area contributed by atoms with Crippen LogP contribution in [0.25, 0.3) is 0 Å². The van der Waals surface area contributed by atoms with Crippen LogP contribution in [-0.4, -0.2) is 89.2 Å². The number of ether oxygens (including phenoxy) is 7. The molecule has 6 rings (SSSR count). The van der Waals surface area contributed by atoms with Crippen molar-refractivity contribution in [1.29, 1.82) is 0 Å². The van der Waals surface area contributed by atoms with Crippen molar-refractivity contribution in [3.8, 4) is 17.2 Å². The van der Waals surface area contributed by atoms with E-state index < -0.39 is 50.9 Å². The zero-order valence-electron chi connectivity index (χ0n) is 47.9. The maximum Gasteiger partial charge on any atom is 0.344 e. The van der Waals surface area contributed by atoms with Gasteiger partial charge in [-0.15, -0.1) is 0 Å². The highest BCUT2D eigenvalue weighted by Gasteiger charge is 2.30. The number of rotatable bonds is 19. The summed E-state index contributed by atoms with van der Waals surface area (Å²) in [5.41, 5.74) is 11.5. The van der Waals surface area contributed by atoms with Gasteiger partial charge in [0.25, 0.3) is 16.0 Å². The van der Waals surface area contributed by atoms with Crippen molar-refractivity contribution in [2.75, 3.05) is 39.6 Å². The fourth-order valence-electron chi connectivity index (χ4n) is 8.13. The van der Waals surface area contributed by atoms with Gasteiger partial charge < -0.3 is 33.2 Å². The zero-order chi connectivity index (χ0) is 60.8. The summed E-state index contributed by atoms with van der Waals surface area (Å²) in [6.45, 7) is 25.0. The van der Waals surface area contributed by atoms with Crippen molar-refractivity contribution in [2.45, 2.75) is 157 Å². The monoisotopic (exact) mass is 1300 g/mol. The average molecular weight is 1300 g/mol. The molecule has 2 fully saturated rings. The van der Waals surface area contributed by atoms with Gasteiger partial charge in [0.05, 0.1) is 32.6 Å². The molecule has 1 amide bonds. The van der Waals surface area contributed by atoms with E-state index >= 15 is 0 Å². The summed E-state index contributed by atoms with van der Waals surface area (Å²) in [6, 6.07) is 12.9. The normalized spacial score (nSPS) is 16.2. The van der Waals surface area contributed by atoms with Crippen LogP contribution in [0.4, 0.5) is 22.0 Å². The van der Waals surface area contributed by atoms with E-state index in [9.17, 15) is 40.0 Å². The molecule has 4 atom stereocenters. The van der Waals surface area contributed by atoms with Crippen molar-refractivity contribution in [3.63, 3.8) is 0 Å². The molecule has 2 aliphatic heterocycles. The smallest absolute Gasteiger partial charge is 0.344 e. The zero-order valence-corrected chi connectivity index (χ0v) is 51.9. The first-order valence-electron chi connectivity index (χ1n) is 26.6. The van der Waals surface area contributed by atoms with Gasteiger partial charge in [-0.3, -0.25) is 26.0 Å². The van der Waals surface area contributed by atoms with Gasteiger partial charge in [0, 0.05) is 42.0 Å². The third-order valence-corrected chi connectivity index (χ3v) is 15.0. The summed E-state index contributed by atoms with van der Waals surface area (Å²) in [6.07, 6.45) is 7.49. The van der Waals surface area contributed by atoms with E-state index in [0.29, 0.717) is 41.6 Å². The van der Waals surface area contributed by atoms with Crippen molar-refractivity contribution in [2.24, 2.45) is 16.7 Å². The molecule has 2 saturated heterocycles. The third kappa shape index (κ3) is 22.6. The van der Waals surface area contributed by atoms with Crippen molar-refractivity contribution in [1.82, 2.24) is 16.3 Å². The number of hydrogen-bond donors (Lipinski definition) is 5. The Labute approximate surface area is 490 Å². The molecule has 0 aromatic heterocycles. The number of nitrogens with one attached hydrogen (secondary N) is 3. The van der Waals surface area contributed by atoms with E-state index in [1.165, 1.54) is 31.2 Å². The Bertz CT molecular complexity index is 2730. The van der Waals surface area contributed by atoms with Crippen molar-refractivity contribution in [3.05, 3.63) is 114 Å². The van der Waals surface area contributed by atoms with Crippen molar-refractivity contribution < 1.29 is 77.7 Å². The minimum Gasteiger partial charge on any atom is -0.490 e. The van der Waals surface area contributed by atoms with Gasteiger partial charge >= 0.3 is 5.97 Å². The molecule has 454 valence electrons. The summed E-state index contributed by atoms with van der Waals surface area (Å²) in [7, 11) is -4.02. The maximum atomic E-state index is 13.8. The Balaban J connectivity index is 0.000000319. The van der Waals surface area contributed by atoms with E-state index in [4.69, 9.17) is 38.8 Å². The first-order valence-corrected chi connectivity index (χ1v) is 29.6. The van der Waals surface area contributed by atoms with E-state index in [1.807, 2.05) is 19.9 Å². The van der Waals surface area contributed by atoms with Crippen LogP contribution < -0.4 is 36.3 Å². The fraction of sp³-hybridized carbons (Fsp3) is 0.544. The van der Waals surface area contributed by atoms with Crippen LogP contribution in [0.1, 0.15) is 144 Å². The number of aryl methyl sites for hydroxylation is 1. The van der Waals surface area contributed by atoms with Gasteiger partial charge in [-0.25, -0.2) is 23.4 Å². The van der Waals surface area contributed by atoms with E-state index in [2.05, 4.69) is 108 Å². The van der Waals surface area contributed by atoms with Gasteiger partial charge in [0.1, 0.15) is 24.7 Å². The molecule has 0 spiro atoms. The molecule has 0 saturated carbocycles. The highest BCUT2D eigenvalue weighted by atomic mass is 79.9. The first kappa shape index (κ1) is 70.9. The lowest BCUT2D eigenvalue weighted by atomic mass is 9.86. The number of hydrazine groups is 2. The molecule has 4 aromatic carbocycles. The predicted molar refractivity (Wildman–Crippen MR) is 305 cm³/mol. The number of halogens is 7. The largest absolute Gasteiger partial charge is 0.490 e. The molecule has 6 N–H and O–H groups in total. The molecular weight excluding hydrogens is 1220 g/mol. The number of carbonyl (C=O) groups is 2. The summed E-state index contributed by atoms with van der Waals surface area (Å²) in [4.78, 5) is 25.1. The molecular formula is C57H79Br2F5N4O12S. The van der Waals surface area contributed by atoms with Crippen LogP contribution in [0.5, 0.6) is 17.2 Å². The summed E-state index contributed by atoms with van der Waals surface area (Å²) < 4.78 is 137. The standard InChI is InChI=1S/C22H35BrN2O4.C21H18BrF5O5.C7H18N2.C7H8O3S/c1-6-18(22(3,4)5)24-25-21(26)16-10-11-17(23)20(15(16)2)29-14-13-28-19-9-7-8-12-27-19;1-10-11(21(28)32-20-17(26)15(24)14(23)16(25)18(20)27)5-6-12(22)19(10)31-9-8-30-13-4-2-3-7-29-13;1-5-6(9-8)7(2,3)4;1-6-2-4-7(5-3-6)11(8,9)10/h10-11,18-19,24H,6-9,12-14H2,1-5H3,(H,25,26);5-6,13H,2-4,7-9H2,1H3;6,9H,5,8H2,1-4H3;2-5H,1H3,(H,8,9,10)/t18-,19?;;6-;/m1.1./s1. The van der Waals surface area contributed by atoms with Crippen LogP contribution in [-0.2, 0) is 29.1 Å². The van der Waals surface area contributed by atoms with E-state index in [0.717, 1.165) is 73.6 Å². The Morgan fingerprint density at radius 2 is 1.09 bits per heavy atom. The van der Waals surface area contributed by atoms with Crippen LogP contribution in [0.15, 0.2) is 62.4 Å². The van der Waals surface area contributed by atoms with Crippen molar-refractivity contribution >= 4 is 53.9 Å². The van der Waals surface area contributed by atoms with E-state index in [-0.39, 0.29) is 70.3 Å². The van der Waals surface area contributed by atoms with Gasteiger partial charge in [0.2, 0.25) is 34.8 Å². The quantitative estimate of drug-likeness (QED) is 0.00679. The highest BCUT2D eigenvalue weighted by molar-refractivity contribution is 9.11. The topological polar surface area (TPSA) is 215 Å². The average Bonchev–Trinajstić information content (AvgIpc) is 3.44. The maximum absolute atomic E-state index is 13.8. The molecule has 2 heterocycles. The van der Waals surface area contributed by atoms with Crippen LogP contribution >= 0.6 is 31.9 Å². The highest BCUT2D eigenvalue weighted by Crippen LogP contribution is 2.35. The minimum atomic E-state index is -4.02. The Morgan fingerprint density at radius 1 is 0.654 bits per heavy atom. The summed E-state index contributed by atoms with van der Waals surface area (Å²) in [5.74, 6) is -8.25. The van der Waals surface area contributed by atoms with Gasteiger partial charge in [-0.2, -0.15) is 17.2 Å².